The minimum atomic E-state index is -0.0730. The summed E-state index contributed by atoms with van der Waals surface area (Å²) in [5.41, 5.74) is -0.0357. The van der Waals surface area contributed by atoms with Crippen LogP contribution in [0.3, 0.4) is 0 Å². The zero-order valence-electron chi connectivity index (χ0n) is 8.27. The molecule has 0 saturated carbocycles. The molecule has 0 aromatic heterocycles. The molecule has 1 rings (SSSR count). The maximum atomic E-state index is 5.76. The van der Waals surface area contributed by atoms with Crippen LogP contribution in [0.4, 0.5) is 0 Å². The van der Waals surface area contributed by atoms with Crippen LogP contribution in [0.1, 0.15) is 33.1 Å². The molecule has 0 unspecified atom stereocenters. The molecule has 12 heavy (non-hydrogen) atoms. The third kappa shape index (κ3) is 2.57. The highest BCUT2D eigenvalue weighted by Gasteiger charge is 2.38. The maximum Gasteiger partial charge on any atom is 0.144 e. The van der Waals surface area contributed by atoms with Crippen molar-refractivity contribution in [2.45, 2.75) is 44.6 Å². The first-order valence-corrected chi connectivity index (χ1v) is 6.81. The topological polar surface area (TPSA) is 18.5 Å². The quantitative estimate of drug-likeness (QED) is 0.464. The van der Waals surface area contributed by atoms with Crippen LogP contribution in [0.5, 0.6) is 0 Å². The Kier molecular flexibility index (Phi) is 4.25. The van der Waals surface area contributed by atoms with E-state index >= 15 is 0 Å². The Balaban J connectivity index is 2.19. The third-order valence-electron chi connectivity index (χ3n) is 2.25. The van der Waals surface area contributed by atoms with Gasteiger partial charge in [-0.05, 0) is 19.3 Å². The second-order valence-corrected chi connectivity index (χ2v) is 5.75. The summed E-state index contributed by atoms with van der Waals surface area (Å²) in [6.45, 7) is 6.04. The molecule has 0 aliphatic carbocycles. The summed E-state index contributed by atoms with van der Waals surface area (Å²) in [7, 11) is -0.0730. The van der Waals surface area contributed by atoms with Gasteiger partial charge in [-0.2, -0.15) is 0 Å². The van der Waals surface area contributed by atoms with E-state index in [4.69, 9.17) is 9.47 Å². The highest BCUT2D eigenvalue weighted by Crippen LogP contribution is 2.30. The Bertz CT molecular complexity index is 114. The van der Waals surface area contributed by atoms with Crippen LogP contribution in [0, 0.1) is 0 Å². The number of hydrogen-bond donors (Lipinski definition) is 0. The van der Waals surface area contributed by atoms with Crippen LogP contribution < -0.4 is 0 Å². The molecule has 0 aromatic rings. The van der Waals surface area contributed by atoms with Gasteiger partial charge in [0.25, 0.3) is 0 Å². The van der Waals surface area contributed by atoms with E-state index in [2.05, 4.69) is 13.8 Å². The normalized spacial score (nSPS) is 22.5. The summed E-state index contributed by atoms with van der Waals surface area (Å²) in [5, 5.41) is 0. The molecular formula is C9H20O2Si. The van der Waals surface area contributed by atoms with Gasteiger partial charge in [-0.3, -0.25) is 0 Å². The summed E-state index contributed by atoms with van der Waals surface area (Å²) >= 11 is 0. The summed E-state index contributed by atoms with van der Waals surface area (Å²) in [4.78, 5) is 0. The summed E-state index contributed by atoms with van der Waals surface area (Å²) in [6.07, 6.45) is 3.36. The molecule has 0 N–H and O–H groups in total. The first kappa shape index (κ1) is 10.2. The van der Waals surface area contributed by atoms with Gasteiger partial charge in [0, 0.05) is 13.2 Å². The van der Waals surface area contributed by atoms with Gasteiger partial charge < -0.3 is 9.47 Å². The lowest BCUT2D eigenvalue weighted by molar-refractivity contribution is -0.194. The van der Waals surface area contributed by atoms with Gasteiger partial charge in [-0.1, -0.05) is 19.9 Å². The van der Waals surface area contributed by atoms with Crippen molar-refractivity contribution in [1.82, 2.24) is 0 Å². The van der Waals surface area contributed by atoms with Gasteiger partial charge in [0.2, 0.25) is 0 Å². The Morgan fingerprint density at radius 3 is 1.92 bits per heavy atom. The van der Waals surface area contributed by atoms with Crippen molar-refractivity contribution in [3.63, 3.8) is 0 Å². The monoisotopic (exact) mass is 188 g/mol. The van der Waals surface area contributed by atoms with E-state index in [1.807, 2.05) is 0 Å². The van der Waals surface area contributed by atoms with Crippen molar-refractivity contribution < 1.29 is 9.47 Å². The van der Waals surface area contributed by atoms with Crippen LogP contribution in [0.25, 0.3) is 0 Å². The van der Waals surface area contributed by atoms with Gasteiger partial charge >= 0.3 is 0 Å². The Labute approximate surface area is 77.5 Å². The SMILES string of the molecule is CCCOC1(OCCC)CC[SiH2]1. The van der Waals surface area contributed by atoms with E-state index in [9.17, 15) is 0 Å². The summed E-state index contributed by atoms with van der Waals surface area (Å²) < 4.78 is 11.5. The predicted octanol–water partition coefficient (Wildman–Crippen LogP) is 1.48. The van der Waals surface area contributed by atoms with E-state index < -0.39 is 0 Å². The number of ether oxygens (including phenoxy) is 2. The molecule has 72 valence electrons. The second-order valence-electron chi connectivity index (χ2n) is 3.46. The summed E-state index contributed by atoms with van der Waals surface area (Å²) in [6, 6.07) is 1.40. The number of hydrogen-bond acceptors (Lipinski definition) is 2. The van der Waals surface area contributed by atoms with Crippen molar-refractivity contribution in [3.05, 3.63) is 0 Å². The molecule has 1 aliphatic rings. The lowest BCUT2D eigenvalue weighted by Gasteiger charge is -2.41. The zero-order valence-corrected chi connectivity index (χ0v) is 9.68. The lowest BCUT2D eigenvalue weighted by atomic mass is 10.4. The van der Waals surface area contributed by atoms with Crippen LogP contribution in [-0.2, 0) is 9.47 Å². The highest BCUT2D eigenvalue weighted by atomic mass is 28.2. The van der Waals surface area contributed by atoms with Gasteiger partial charge in [0.1, 0.15) is 5.41 Å². The number of rotatable bonds is 6. The molecule has 3 heteroatoms. The van der Waals surface area contributed by atoms with Crippen molar-refractivity contribution in [1.29, 1.82) is 0 Å². The van der Waals surface area contributed by atoms with Gasteiger partial charge in [-0.15, -0.1) is 0 Å². The molecule has 0 radical (unpaired) electrons. The smallest absolute Gasteiger partial charge is 0.144 e. The average molecular weight is 188 g/mol. The minimum absolute atomic E-state index is 0.0357. The fraction of sp³-hybridized carbons (Fsp3) is 1.00. The molecule has 1 saturated heterocycles. The molecule has 1 aliphatic heterocycles. The van der Waals surface area contributed by atoms with Crippen LogP contribution in [0.15, 0.2) is 0 Å². The molecule has 0 atom stereocenters. The molecule has 0 amide bonds. The van der Waals surface area contributed by atoms with Gasteiger partial charge in [0.05, 0.1) is 9.52 Å². The van der Waals surface area contributed by atoms with Crippen molar-refractivity contribution in [2.24, 2.45) is 0 Å². The Hall–Kier alpha value is 0.137. The summed E-state index contributed by atoms with van der Waals surface area (Å²) in [5.74, 6) is 0. The van der Waals surface area contributed by atoms with Gasteiger partial charge in [0.15, 0.2) is 0 Å². The second kappa shape index (κ2) is 4.99. The fourth-order valence-electron chi connectivity index (χ4n) is 1.37. The first-order chi connectivity index (χ1) is 5.83. The molecule has 0 bridgehead atoms. The molecular weight excluding hydrogens is 168 g/mol. The highest BCUT2D eigenvalue weighted by molar-refractivity contribution is 6.42. The van der Waals surface area contributed by atoms with Gasteiger partial charge in [-0.25, -0.2) is 0 Å². The molecule has 0 spiro atoms. The Morgan fingerprint density at radius 2 is 1.67 bits per heavy atom. The Morgan fingerprint density at radius 1 is 1.17 bits per heavy atom. The van der Waals surface area contributed by atoms with Crippen LogP contribution in [0.2, 0.25) is 6.04 Å². The van der Waals surface area contributed by atoms with E-state index in [0.29, 0.717) is 0 Å². The lowest BCUT2D eigenvalue weighted by Crippen LogP contribution is -2.50. The molecule has 1 fully saturated rings. The van der Waals surface area contributed by atoms with Crippen molar-refractivity contribution in [3.8, 4) is 0 Å². The van der Waals surface area contributed by atoms with E-state index in [0.717, 1.165) is 32.5 Å². The first-order valence-electron chi connectivity index (χ1n) is 5.11. The molecule has 1 heterocycles. The van der Waals surface area contributed by atoms with Crippen molar-refractivity contribution >= 4 is 9.52 Å². The van der Waals surface area contributed by atoms with Crippen LogP contribution in [-0.4, -0.2) is 28.1 Å². The minimum Gasteiger partial charge on any atom is -0.354 e. The van der Waals surface area contributed by atoms with Crippen molar-refractivity contribution in [2.75, 3.05) is 13.2 Å². The standard InChI is InChI=1S/C9H20O2Si/c1-3-6-10-9(5-8-12-9)11-7-4-2/h3-8,12H2,1-2H3. The largest absolute Gasteiger partial charge is 0.354 e. The maximum absolute atomic E-state index is 5.76. The van der Waals surface area contributed by atoms with E-state index in [-0.39, 0.29) is 14.9 Å². The van der Waals surface area contributed by atoms with Crippen LogP contribution >= 0.6 is 0 Å². The van der Waals surface area contributed by atoms with E-state index in [1.165, 1.54) is 6.04 Å². The third-order valence-corrected chi connectivity index (χ3v) is 4.48. The predicted molar refractivity (Wildman–Crippen MR) is 53.2 cm³/mol. The van der Waals surface area contributed by atoms with E-state index in [1.54, 1.807) is 0 Å². The average Bonchev–Trinajstić information content (AvgIpc) is 2.02. The molecule has 2 nitrogen and oxygen atoms in total. The molecule has 0 aromatic carbocycles. The zero-order chi connectivity index (χ0) is 8.86. The fourth-order valence-corrected chi connectivity index (χ4v) is 2.88.